The molecule has 0 unspecified atom stereocenters. The summed E-state index contributed by atoms with van der Waals surface area (Å²) in [5.41, 5.74) is 1.42. The van der Waals surface area contributed by atoms with Gasteiger partial charge in [-0.15, -0.1) is 0 Å². The van der Waals surface area contributed by atoms with E-state index in [-0.39, 0.29) is 22.1 Å². The van der Waals surface area contributed by atoms with E-state index in [9.17, 15) is 13.2 Å². The molecule has 0 N–H and O–H groups in total. The van der Waals surface area contributed by atoms with Gasteiger partial charge in [0.2, 0.25) is 0 Å². The number of sulfone groups is 1. The predicted molar refractivity (Wildman–Crippen MR) is 99.6 cm³/mol. The lowest BCUT2D eigenvalue weighted by atomic mass is 10.1. The first kappa shape index (κ1) is 18.5. The maximum absolute atomic E-state index is 12.9. The van der Waals surface area contributed by atoms with Crippen molar-refractivity contribution in [2.45, 2.75) is 18.4 Å². The standard InChI is InChI=1S/C19H23N3O3S/c1-2-26(24,25)18-8-4-3-7-17(18)19(23)22-12-10-21(11-13-22)15-16-6-5-9-20-14-16/h3-9,14H,2,10-13,15H2,1H3. The Kier molecular flexibility index (Phi) is 5.68. The number of hydrogen-bond acceptors (Lipinski definition) is 5. The quantitative estimate of drug-likeness (QED) is 0.800. The molecule has 1 aliphatic rings. The highest BCUT2D eigenvalue weighted by Gasteiger charge is 2.26. The second kappa shape index (κ2) is 7.97. The van der Waals surface area contributed by atoms with Crippen LogP contribution in [0.4, 0.5) is 0 Å². The first-order chi connectivity index (χ1) is 12.5. The topological polar surface area (TPSA) is 70.6 Å². The van der Waals surface area contributed by atoms with Crippen molar-refractivity contribution in [3.63, 3.8) is 0 Å². The number of carbonyl (C=O) groups is 1. The molecule has 1 aromatic heterocycles. The molecule has 0 spiro atoms. The summed E-state index contributed by atoms with van der Waals surface area (Å²) in [6.07, 6.45) is 3.60. The molecule has 1 fully saturated rings. The molecular weight excluding hydrogens is 350 g/mol. The Hall–Kier alpha value is -2.25. The van der Waals surface area contributed by atoms with Crippen LogP contribution in [0.25, 0.3) is 0 Å². The van der Waals surface area contributed by atoms with Gasteiger partial charge in [0, 0.05) is 45.1 Å². The van der Waals surface area contributed by atoms with Gasteiger partial charge in [-0.1, -0.05) is 25.1 Å². The van der Waals surface area contributed by atoms with Crippen LogP contribution in [0, 0.1) is 0 Å². The first-order valence-corrected chi connectivity index (χ1v) is 10.4. The van der Waals surface area contributed by atoms with Crippen molar-refractivity contribution in [3.8, 4) is 0 Å². The molecule has 2 heterocycles. The normalized spacial score (nSPS) is 15.8. The number of piperazine rings is 1. The third kappa shape index (κ3) is 4.11. The smallest absolute Gasteiger partial charge is 0.255 e. The van der Waals surface area contributed by atoms with E-state index in [4.69, 9.17) is 0 Å². The van der Waals surface area contributed by atoms with Gasteiger partial charge in [0.25, 0.3) is 5.91 Å². The number of carbonyl (C=O) groups excluding carboxylic acids is 1. The second-order valence-electron chi connectivity index (χ2n) is 6.33. The lowest BCUT2D eigenvalue weighted by Gasteiger charge is -2.35. The molecule has 1 aliphatic heterocycles. The number of hydrogen-bond donors (Lipinski definition) is 0. The van der Waals surface area contributed by atoms with Gasteiger partial charge in [-0.25, -0.2) is 8.42 Å². The molecule has 1 amide bonds. The summed E-state index contributed by atoms with van der Waals surface area (Å²) in [5, 5.41) is 0. The molecule has 0 aliphatic carbocycles. The summed E-state index contributed by atoms with van der Waals surface area (Å²) in [5.74, 6) is -0.227. The Bertz CT molecular complexity index is 861. The molecule has 2 aromatic rings. The fourth-order valence-electron chi connectivity index (χ4n) is 3.10. The summed E-state index contributed by atoms with van der Waals surface area (Å²) < 4.78 is 24.6. The van der Waals surface area contributed by atoms with Crippen molar-refractivity contribution in [1.29, 1.82) is 0 Å². The van der Waals surface area contributed by atoms with Crippen molar-refractivity contribution < 1.29 is 13.2 Å². The first-order valence-electron chi connectivity index (χ1n) is 8.73. The summed E-state index contributed by atoms with van der Waals surface area (Å²) in [7, 11) is -3.43. The van der Waals surface area contributed by atoms with Crippen LogP contribution >= 0.6 is 0 Å². The Balaban J connectivity index is 1.68. The molecule has 0 radical (unpaired) electrons. The Labute approximate surface area is 154 Å². The van der Waals surface area contributed by atoms with Gasteiger partial charge >= 0.3 is 0 Å². The molecule has 3 rings (SSSR count). The molecule has 1 aromatic carbocycles. The molecule has 6 nitrogen and oxygen atoms in total. The highest BCUT2D eigenvalue weighted by molar-refractivity contribution is 7.91. The van der Waals surface area contributed by atoms with Gasteiger partial charge in [-0.3, -0.25) is 14.7 Å². The third-order valence-electron chi connectivity index (χ3n) is 4.62. The van der Waals surface area contributed by atoms with E-state index in [1.165, 1.54) is 6.07 Å². The van der Waals surface area contributed by atoms with Crippen LogP contribution in [-0.4, -0.2) is 61.0 Å². The molecule has 138 valence electrons. The van der Waals surface area contributed by atoms with Crippen LogP contribution in [0.15, 0.2) is 53.7 Å². The van der Waals surface area contributed by atoms with Gasteiger partial charge in [0.05, 0.1) is 16.2 Å². The molecule has 1 saturated heterocycles. The number of amides is 1. The second-order valence-corrected chi connectivity index (χ2v) is 8.58. The van der Waals surface area contributed by atoms with Crippen molar-refractivity contribution in [1.82, 2.24) is 14.8 Å². The van der Waals surface area contributed by atoms with Gasteiger partial charge in [0.1, 0.15) is 0 Å². The van der Waals surface area contributed by atoms with Crippen LogP contribution in [0.5, 0.6) is 0 Å². The molecule has 0 bridgehead atoms. The Morgan fingerprint density at radius 1 is 1.08 bits per heavy atom. The van der Waals surface area contributed by atoms with E-state index in [0.29, 0.717) is 13.1 Å². The van der Waals surface area contributed by atoms with Crippen LogP contribution < -0.4 is 0 Å². The lowest BCUT2D eigenvalue weighted by molar-refractivity contribution is 0.0624. The highest BCUT2D eigenvalue weighted by Crippen LogP contribution is 2.20. The number of nitrogens with zero attached hydrogens (tertiary/aromatic N) is 3. The summed E-state index contributed by atoms with van der Waals surface area (Å²) in [4.78, 5) is 21.1. The molecule has 0 saturated carbocycles. The maximum atomic E-state index is 12.9. The molecular formula is C19H23N3O3S. The van der Waals surface area contributed by atoms with E-state index in [1.54, 1.807) is 36.2 Å². The number of rotatable bonds is 5. The Morgan fingerprint density at radius 3 is 2.46 bits per heavy atom. The SMILES string of the molecule is CCS(=O)(=O)c1ccccc1C(=O)N1CCN(Cc2cccnc2)CC1. The minimum Gasteiger partial charge on any atom is -0.336 e. The average molecular weight is 373 g/mol. The van der Waals surface area contributed by atoms with Gasteiger partial charge in [0.15, 0.2) is 9.84 Å². The van der Waals surface area contributed by atoms with Gasteiger partial charge < -0.3 is 4.90 Å². The van der Waals surface area contributed by atoms with Crippen molar-refractivity contribution in [2.75, 3.05) is 31.9 Å². The lowest BCUT2D eigenvalue weighted by Crippen LogP contribution is -2.48. The molecule has 0 atom stereocenters. The zero-order valence-electron chi connectivity index (χ0n) is 14.8. The average Bonchev–Trinajstić information content (AvgIpc) is 2.69. The Morgan fingerprint density at radius 2 is 1.81 bits per heavy atom. The van der Waals surface area contributed by atoms with E-state index in [0.717, 1.165) is 25.2 Å². The van der Waals surface area contributed by atoms with E-state index in [2.05, 4.69) is 9.88 Å². The van der Waals surface area contributed by atoms with E-state index < -0.39 is 9.84 Å². The van der Waals surface area contributed by atoms with Crippen LogP contribution in [0.1, 0.15) is 22.8 Å². The fourth-order valence-corrected chi connectivity index (χ4v) is 4.19. The number of pyridine rings is 1. The van der Waals surface area contributed by atoms with Crippen LogP contribution in [0.3, 0.4) is 0 Å². The van der Waals surface area contributed by atoms with Gasteiger partial charge in [-0.05, 0) is 23.8 Å². The third-order valence-corrected chi connectivity index (χ3v) is 6.41. The zero-order valence-corrected chi connectivity index (χ0v) is 15.7. The highest BCUT2D eigenvalue weighted by atomic mass is 32.2. The maximum Gasteiger partial charge on any atom is 0.255 e. The van der Waals surface area contributed by atoms with Crippen molar-refractivity contribution >= 4 is 15.7 Å². The predicted octanol–water partition coefficient (Wildman–Crippen LogP) is 1.83. The summed E-state index contributed by atoms with van der Waals surface area (Å²) >= 11 is 0. The van der Waals surface area contributed by atoms with Crippen LogP contribution in [-0.2, 0) is 16.4 Å². The minimum atomic E-state index is -3.43. The van der Waals surface area contributed by atoms with Gasteiger partial charge in [-0.2, -0.15) is 0 Å². The van der Waals surface area contributed by atoms with E-state index >= 15 is 0 Å². The van der Waals surface area contributed by atoms with Crippen LogP contribution in [0.2, 0.25) is 0 Å². The van der Waals surface area contributed by atoms with Crippen molar-refractivity contribution in [3.05, 3.63) is 59.9 Å². The molecule has 26 heavy (non-hydrogen) atoms. The summed E-state index contributed by atoms with van der Waals surface area (Å²) in [6.45, 7) is 5.07. The fraction of sp³-hybridized carbons (Fsp3) is 0.368. The monoisotopic (exact) mass is 373 g/mol. The minimum absolute atomic E-state index is 0.0177. The number of benzene rings is 1. The van der Waals surface area contributed by atoms with Crippen molar-refractivity contribution in [2.24, 2.45) is 0 Å². The summed E-state index contributed by atoms with van der Waals surface area (Å²) in [6, 6.07) is 10.4. The zero-order chi connectivity index (χ0) is 18.6. The molecule has 7 heteroatoms. The van der Waals surface area contributed by atoms with E-state index in [1.807, 2.05) is 18.3 Å². The number of aromatic nitrogens is 1. The largest absolute Gasteiger partial charge is 0.336 e.